The SMILES string of the molecule is CC(C)(C)S/N=C/c1cc(F)ccc1F. The number of nitrogens with zero attached hydrogens (tertiary/aromatic N) is 1. The highest BCUT2D eigenvalue weighted by atomic mass is 32.2. The average Bonchev–Trinajstić information content (AvgIpc) is 2.09. The van der Waals surface area contributed by atoms with Crippen molar-refractivity contribution >= 4 is 18.2 Å². The van der Waals surface area contributed by atoms with Crippen LogP contribution in [-0.4, -0.2) is 11.0 Å². The lowest BCUT2D eigenvalue weighted by atomic mass is 10.2. The summed E-state index contributed by atoms with van der Waals surface area (Å²) < 4.78 is 29.9. The van der Waals surface area contributed by atoms with Crippen molar-refractivity contribution in [2.45, 2.75) is 25.5 Å². The van der Waals surface area contributed by atoms with Gasteiger partial charge >= 0.3 is 0 Å². The molecular weight excluding hydrogens is 216 g/mol. The van der Waals surface area contributed by atoms with Gasteiger partial charge in [-0.05, 0) is 50.9 Å². The van der Waals surface area contributed by atoms with Gasteiger partial charge in [-0.3, -0.25) is 0 Å². The Hall–Kier alpha value is -0.900. The maximum Gasteiger partial charge on any atom is 0.132 e. The third-order valence-corrected chi connectivity index (χ3v) is 2.23. The first kappa shape index (κ1) is 12.2. The van der Waals surface area contributed by atoms with Crippen molar-refractivity contribution in [3.63, 3.8) is 0 Å². The van der Waals surface area contributed by atoms with Gasteiger partial charge in [-0.25, -0.2) is 13.2 Å². The third-order valence-electron chi connectivity index (χ3n) is 1.48. The zero-order chi connectivity index (χ0) is 11.5. The molecule has 82 valence electrons. The van der Waals surface area contributed by atoms with E-state index in [0.29, 0.717) is 0 Å². The molecule has 0 aromatic heterocycles. The molecular formula is C11H13F2NS. The van der Waals surface area contributed by atoms with Crippen LogP contribution in [0.25, 0.3) is 0 Å². The molecule has 0 aliphatic heterocycles. The van der Waals surface area contributed by atoms with Gasteiger partial charge in [-0.1, -0.05) is 0 Å². The van der Waals surface area contributed by atoms with Gasteiger partial charge in [-0.15, -0.1) is 0 Å². The highest BCUT2D eigenvalue weighted by Gasteiger charge is 2.09. The maximum absolute atomic E-state index is 13.1. The van der Waals surface area contributed by atoms with Gasteiger partial charge in [-0.2, -0.15) is 0 Å². The molecule has 0 bridgehead atoms. The maximum atomic E-state index is 13.1. The fourth-order valence-electron chi connectivity index (χ4n) is 0.855. The van der Waals surface area contributed by atoms with Crippen LogP contribution in [0.5, 0.6) is 0 Å². The molecule has 0 N–H and O–H groups in total. The first-order chi connectivity index (χ1) is 6.88. The minimum atomic E-state index is -0.463. The lowest BCUT2D eigenvalue weighted by Crippen LogP contribution is -2.05. The van der Waals surface area contributed by atoms with Crippen LogP contribution in [0, 0.1) is 11.6 Å². The van der Waals surface area contributed by atoms with Crippen LogP contribution in [-0.2, 0) is 0 Å². The van der Waals surface area contributed by atoms with Crippen LogP contribution in [0.4, 0.5) is 8.78 Å². The van der Waals surface area contributed by atoms with E-state index in [1.165, 1.54) is 18.2 Å². The summed E-state index contributed by atoms with van der Waals surface area (Å²) in [5.74, 6) is -0.923. The van der Waals surface area contributed by atoms with Crippen molar-refractivity contribution in [1.29, 1.82) is 0 Å². The molecule has 0 saturated carbocycles. The Morgan fingerprint density at radius 2 is 1.93 bits per heavy atom. The van der Waals surface area contributed by atoms with E-state index in [1.54, 1.807) is 0 Å². The van der Waals surface area contributed by atoms with E-state index in [4.69, 9.17) is 0 Å². The molecule has 0 unspecified atom stereocenters. The lowest BCUT2D eigenvalue weighted by Gasteiger charge is -2.12. The molecule has 0 spiro atoms. The van der Waals surface area contributed by atoms with Crippen LogP contribution in [0.2, 0.25) is 0 Å². The van der Waals surface area contributed by atoms with Crippen molar-refractivity contribution in [2.24, 2.45) is 4.40 Å². The van der Waals surface area contributed by atoms with Gasteiger partial charge in [0, 0.05) is 16.5 Å². The number of rotatable bonds is 2. The van der Waals surface area contributed by atoms with E-state index in [2.05, 4.69) is 4.40 Å². The predicted octanol–water partition coefficient (Wildman–Crippen LogP) is 3.83. The monoisotopic (exact) mass is 229 g/mol. The Bertz CT molecular complexity index is 369. The summed E-state index contributed by atoms with van der Waals surface area (Å²) in [7, 11) is 0. The molecule has 0 aliphatic carbocycles. The van der Waals surface area contributed by atoms with Gasteiger partial charge < -0.3 is 0 Å². The average molecular weight is 229 g/mol. The van der Waals surface area contributed by atoms with E-state index in [9.17, 15) is 8.78 Å². The van der Waals surface area contributed by atoms with E-state index in [0.717, 1.165) is 18.2 Å². The zero-order valence-corrected chi connectivity index (χ0v) is 9.74. The van der Waals surface area contributed by atoms with Crippen LogP contribution in [0.3, 0.4) is 0 Å². The first-order valence-corrected chi connectivity index (χ1v) is 5.32. The highest BCUT2D eigenvalue weighted by molar-refractivity contribution is 7.99. The zero-order valence-electron chi connectivity index (χ0n) is 8.92. The number of halogens is 2. The Balaban J connectivity index is 2.76. The summed E-state index contributed by atoms with van der Waals surface area (Å²) >= 11 is 1.32. The highest BCUT2D eigenvalue weighted by Crippen LogP contribution is 2.24. The Labute approximate surface area is 92.7 Å². The summed E-state index contributed by atoms with van der Waals surface area (Å²) in [5.41, 5.74) is 0.173. The fraction of sp³-hybridized carbons (Fsp3) is 0.364. The van der Waals surface area contributed by atoms with Crippen molar-refractivity contribution in [3.05, 3.63) is 35.4 Å². The molecule has 0 radical (unpaired) electrons. The molecule has 4 heteroatoms. The van der Waals surface area contributed by atoms with Gasteiger partial charge in [0.25, 0.3) is 0 Å². The normalized spacial score (nSPS) is 12.3. The Morgan fingerprint density at radius 3 is 2.53 bits per heavy atom. The van der Waals surface area contributed by atoms with Gasteiger partial charge in [0.2, 0.25) is 0 Å². The van der Waals surface area contributed by atoms with Gasteiger partial charge in [0.15, 0.2) is 0 Å². The molecule has 1 aromatic rings. The molecule has 0 saturated heterocycles. The summed E-state index contributed by atoms with van der Waals surface area (Å²) in [6.07, 6.45) is 1.34. The standard InChI is InChI=1S/C11H13F2NS/c1-11(2,3)15-14-7-8-6-9(12)4-5-10(8)13/h4-7H,1-3H3/b14-7+. The molecule has 0 fully saturated rings. The van der Waals surface area contributed by atoms with E-state index >= 15 is 0 Å². The smallest absolute Gasteiger partial charge is 0.132 e. The van der Waals surface area contributed by atoms with Crippen molar-refractivity contribution in [1.82, 2.24) is 0 Å². The quantitative estimate of drug-likeness (QED) is 0.554. The van der Waals surface area contributed by atoms with Crippen LogP contribution in [0.15, 0.2) is 22.6 Å². The van der Waals surface area contributed by atoms with Gasteiger partial charge in [0.05, 0.1) is 0 Å². The largest absolute Gasteiger partial charge is 0.223 e. The van der Waals surface area contributed by atoms with Crippen molar-refractivity contribution in [3.8, 4) is 0 Å². The van der Waals surface area contributed by atoms with Crippen molar-refractivity contribution in [2.75, 3.05) is 0 Å². The molecule has 0 aliphatic rings. The van der Waals surface area contributed by atoms with E-state index in [-0.39, 0.29) is 10.3 Å². The second kappa shape index (κ2) is 4.75. The Morgan fingerprint density at radius 1 is 1.27 bits per heavy atom. The lowest BCUT2D eigenvalue weighted by molar-refractivity contribution is 0.598. The fourth-order valence-corrected chi connectivity index (χ4v) is 1.34. The first-order valence-electron chi connectivity index (χ1n) is 4.55. The summed E-state index contributed by atoms with van der Waals surface area (Å²) in [6, 6.07) is 3.31. The van der Waals surface area contributed by atoms with E-state index < -0.39 is 11.6 Å². The minimum absolute atomic E-state index is 0.0275. The summed E-state index contributed by atoms with van der Waals surface area (Å²) in [4.78, 5) is 0. The second-order valence-electron chi connectivity index (χ2n) is 4.10. The summed E-state index contributed by atoms with van der Waals surface area (Å²) in [6.45, 7) is 5.99. The molecule has 1 rings (SSSR count). The van der Waals surface area contributed by atoms with Gasteiger partial charge in [0.1, 0.15) is 11.6 Å². The molecule has 1 nitrogen and oxygen atoms in total. The molecule has 0 amide bonds. The molecule has 0 heterocycles. The third kappa shape index (κ3) is 4.42. The van der Waals surface area contributed by atoms with Crippen LogP contribution < -0.4 is 0 Å². The van der Waals surface area contributed by atoms with Crippen molar-refractivity contribution < 1.29 is 8.78 Å². The Kier molecular flexibility index (Phi) is 3.85. The number of benzene rings is 1. The molecule has 1 aromatic carbocycles. The summed E-state index contributed by atoms with van der Waals surface area (Å²) in [5, 5.41) is 0. The minimum Gasteiger partial charge on any atom is -0.223 e. The molecule has 15 heavy (non-hydrogen) atoms. The molecule has 0 atom stereocenters. The number of hydrogen-bond acceptors (Lipinski definition) is 2. The predicted molar refractivity (Wildman–Crippen MR) is 61.3 cm³/mol. The second-order valence-corrected chi connectivity index (χ2v) is 5.72. The van der Waals surface area contributed by atoms with Crippen LogP contribution in [0.1, 0.15) is 26.3 Å². The topological polar surface area (TPSA) is 12.4 Å². The van der Waals surface area contributed by atoms with Crippen LogP contribution >= 0.6 is 11.9 Å². The number of hydrogen-bond donors (Lipinski definition) is 0. The van der Waals surface area contributed by atoms with E-state index in [1.807, 2.05) is 20.8 Å².